The number of rotatable bonds is 4. The Morgan fingerprint density at radius 2 is 1.90 bits per heavy atom. The maximum atomic E-state index is 13.5. The summed E-state index contributed by atoms with van der Waals surface area (Å²) in [7, 11) is 4.24. The van der Waals surface area contributed by atoms with Crippen LogP contribution in [0.4, 0.5) is 4.39 Å². The second kappa shape index (κ2) is 7.26. The number of hydrogen-bond donors (Lipinski definition) is 0. The molecule has 2 aromatic carbocycles. The highest BCUT2D eigenvalue weighted by Gasteiger charge is 2.35. The Bertz CT molecular complexity index is 1030. The summed E-state index contributed by atoms with van der Waals surface area (Å²) in [6, 6.07) is 14.7. The summed E-state index contributed by atoms with van der Waals surface area (Å²) in [6.45, 7) is 5.48. The smallest absolute Gasteiger partial charge is 0.123 e. The molecule has 0 N–H and O–H groups in total. The molecular weight excluding hydrogens is 361 g/mol. The van der Waals surface area contributed by atoms with Crippen LogP contribution < -0.4 is 0 Å². The average molecular weight is 392 g/mol. The largest absolute Gasteiger partial charge is 0.342 e. The zero-order valence-electron chi connectivity index (χ0n) is 17.7. The van der Waals surface area contributed by atoms with Crippen LogP contribution in [0.2, 0.25) is 0 Å². The molecule has 3 heterocycles. The van der Waals surface area contributed by atoms with Crippen LogP contribution in [0.15, 0.2) is 42.5 Å². The van der Waals surface area contributed by atoms with Crippen molar-refractivity contribution in [2.75, 3.05) is 27.2 Å². The van der Waals surface area contributed by atoms with Gasteiger partial charge in [0.1, 0.15) is 5.82 Å². The van der Waals surface area contributed by atoms with E-state index in [0.717, 1.165) is 25.1 Å². The third-order valence-corrected chi connectivity index (χ3v) is 6.94. The van der Waals surface area contributed by atoms with Crippen LogP contribution in [0.25, 0.3) is 10.9 Å². The molecule has 1 aromatic heterocycles. The lowest BCUT2D eigenvalue weighted by Gasteiger charge is -2.32. The van der Waals surface area contributed by atoms with Gasteiger partial charge in [0, 0.05) is 42.1 Å². The highest BCUT2D eigenvalue weighted by atomic mass is 19.1. The van der Waals surface area contributed by atoms with Crippen LogP contribution in [-0.2, 0) is 13.0 Å². The minimum absolute atomic E-state index is 0.174. The van der Waals surface area contributed by atoms with Crippen LogP contribution in [0, 0.1) is 12.7 Å². The molecule has 2 unspecified atom stereocenters. The maximum absolute atomic E-state index is 13.5. The van der Waals surface area contributed by atoms with E-state index in [-0.39, 0.29) is 11.9 Å². The number of likely N-dealkylation sites (N-methyl/N-ethyl adjacent to an activating group) is 1. The molecular formula is C25H30FN3. The Morgan fingerprint density at radius 3 is 2.66 bits per heavy atom. The van der Waals surface area contributed by atoms with Crippen molar-refractivity contribution in [3.8, 4) is 0 Å². The quantitative estimate of drug-likeness (QED) is 0.614. The van der Waals surface area contributed by atoms with Gasteiger partial charge < -0.3 is 9.47 Å². The third-order valence-electron chi connectivity index (χ3n) is 6.94. The fraction of sp³-hybridized carbons (Fsp3) is 0.440. The number of aryl methyl sites for hydroxylation is 1. The summed E-state index contributed by atoms with van der Waals surface area (Å²) < 4.78 is 16.1. The Kier molecular flexibility index (Phi) is 4.72. The Morgan fingerprint density at radius 1 is 1.10 bits per heavy atom. The van der Waals surface area contributed by atoms with Gasteiger partial charge in [0.15, 0.2) is 0 Å². The van der Waals surface area contributed by atoms with E-state index in [1.165, 1.54) is 41.5 Å². The van der Waals surface area contributed by atoms with Gasteiger partial charge in [0.2, 0.25) is 0 Å². The van der Waals surface area contributed by atoms with Crippen molar-refractivity contribution in [1.82, 2.24) is 14.4 Å². The molecule has 1 saturated heterocycles. The normalized spacial score (nSPS) is 20.2. The van der Waals surface area contributed by atoms with Crippen molar-refractivity contribution in [1.29, 1.82) is 0 Å². The first-order valence-electron chi connectivity index (χ1n) is 10.8. The van der Waals surface area contributed by atoms with Gasteiger partial charge in [-0.05, 0) is 75.8 Å². The fourth-order valence-electron chi connectivity index (χ4n) is 5.49. The highest BCUT2D eigenvalue weighted by molar-refractivity contribution is 5.87. The summed E-state index contributed by atoms with van der Waals surface area (Å²) >= 11 is 0. The van der Waals surface area contributed by atoms with Gasteiger partial charge in [-0.2, -0.15) is 0 Å². The molecule has 5 rings (SSSR count). The predicted octanol–water partition coefficient (Wildman–Crippen LogP) is 5.08. The van der Waals surface area contributed by atoms with E-state index in [9.17, 15) is 4.39 Å². The molecule has 3 aromatic rings. The Hall–Kier alpha value is -2.17. The minimum atomic E-state index is -0.174. The first kappa shape index (κ1) is 18.8. The molecule has 0 saturated carbocycles. The SMILES string of the molecule is Cc1ccc2c(c1)c1c(n2CC(c2ccc(F)cc2)N(C)C)CCN2CCCC12. The molecule has 2 aliphatic rings. The third kappa shape index (κ3) is 3.19. The van der Waals surface area contributed by atoms with E-state index in [1.807, 2.05) is 12.1 Å². The van der Waals surface area contributed by atoms with E-state index in [4.69, 9.17) is 0 Å². The van der Waals surface area contributed by atoms with Gasteiger partial charge in [0.05, 0.1) is 6.04 Å². The molecule has 4 heteroatoms. The van der Waals surface area contributed by atoms with E-state index in [2.05, 4.69) is 53.6 Å². The topological polar surface area (TPSA) is 11.4 Å². The Balaban J connectivity index is 1.64. The van der Waals surface area contributed by atoms with Gasteiger partial charge >= 0.3 is 0 Å². The number of fused-ring (bicyclic) bond motifs is 5. The summed E-state index contributed by atoms with van der Waals surface area (Å²) in [5, 5.41) is 1.44. The first-order valence-corrected chi connectivity index (χ1v) is 10.8. The molecule has 29 heavy (non-hydrogen) atoms. The van der Waals surface area contributed by atoms with Gasteiger partial charge in [-0.25, -0.2) is 4.39 Å². The Labute approximate surface area is 172 Å². The number of hydrogen-bond acceptors (Lipinski definition) is 2. The highest BCUT2D eigenvalue weighted by Crippen LogP contribution is 2.43. The molecule has 3 nitrogen and oxygen atoms in total. The van der Waals surface area contributed by atoms with E-state index in [1.54, 1.807) is 17.7 Å². The van der Waals surface area contributed by atoms with Gasteiger partial charge in [-0.3, -0.25) is 4.90 Å². The second-order valence-electron chi connectivity index (χ2n) is 8.97. The monoisotopic (exact) mass is 391 g/mol. The number of aromatic nitrogens is 1. The van der Waals surface area contributed by atoms with Crippen LogP contribution >= 0.6 is 0 Å². The number of benzene rings is 2. The first-order chi connectivity index (χ1) is 14.0. The summed E-state index contributed by atoms with van der Waals surface area (Å²) in [6.07, 6.45) is 3.69. The van der Waals surface area contributed by atoms with Gasteiger partial charge in [0.25, 0.3) is 0 Å². The molecule has 0 aliphatic carbocycles. The summed E-state index contributed by atoms with van der Waals surface area (Å²) in [4.78, 5) is 4.93. The van der Waals surface area contributed by atoms with Crippen molar-refractivity contribution >= 4 is 10.9 Å². The lowest BCUT2D eigenvalue weighted by atomic mass is 9.95. The van der Waals surface area contributed by atoms with E-state index >= 15 is 0 Å². The number of nitrogens with zero attached hydrogens (tertiary/aromatic N) is 3. The number of halogens is 1. The standard InChI is InChI=1S/C25H30FN3/c1-17-6-11-21-20(15-17)25-22-5-4-13-28(22)14-12-23(25)29(21)16-24(27(2)3)18-7-9-19(26)10-8-18/h6-11,15,22,24H,4-5,12-14,16H2,1-3H3. The van der Waals surface area contributed by atoms with Crippen molar-refractivity contribution in [3.05, 3.63) is 70.7 Å². The zero-order chi connectivity index (χ0) is 20.1. The van der Waals surface area contributed by atoms with Gasteiger partial charge in [-0.15, -0.1) is 0 Å². The summed E-state index contributed by atoms with van der Waals surface area (Å²) in [5.74, 6) is -0.174. The summed E-state index contributed by atoms with van der Waals surface area (Å²) in [5.41, 5.74) is 6.93. The predicted molar refractivity (Wildman–Crippen MR) is 117 cm³/mol. The molecule has 0 amide bonds. The lowest BCUT2D eigenvalue weighted by molar-refractivity contribution is 0.235. The van der Waals surface area contributed by atoms with Crippen LogP contribution in [0.5, 0.6) is 0 Å². The molecule has 152 valence electrons. The van der Waals surface area contributed by atoms with Crippen molar-refractivity contribution in [2.24, 2.45) is 0 Å². The van der Waals surface area contributed by atoms with E-state index < -0.39 is 0 Å². The van der Waals surface area contributed by atoms with Crippen LogP contribution in [0.3, 0.4) is 0 Å². The van der Waals surface area contributed by atoms with Crippen molar-refractivity contribution in [2.45, 2.75) is 44.8 Å². The maximum Gasteiger partial charge on any atom is 0.123 e. The van der Waals surface area contributed by atoms with Gasteiger partial charge in [-0.1, -0.05) is 23.8 Å². The van der Waals surface area contributed by atoms with Crippen LogP contribution in [0.1, 0.15) is 47.3 Å². The minimum Gasteiger partial charge on any atom is -0.342 e. The molecule has 0 radical (unpaired) electrons. The lowest BCUT2D eigenvalue weighted by Crippen LogP contribution is -2.32. The molecule has 0 bridgehead atoms. The fourth-order valence-corrected chi connectivity index (χ4v) is 5.49. The van der Waals surface area contributed by atoms with Crippen molar-refractivity contribution < 1.29 is 4.39 Å². The van der Waals surface area contributed by atoms with E-state index in [0.29, 0.717) is 6.04 Å². The van der Waals surface area contributed by atoms with Crippen LogP contribution in [-0.4, -0.2) is 41.6 Å². The molecule has 0 spiro atoms. The zero-order valence-corrected chi connectivity index (χ0v) is 17.7. The molecule has 1 fully saturated rings. The average Bonchev–Trinajstić information content (AvgIpc) is 3.29. The molecule has 2 aliphatic heterocycles. The molecule has 2 atom stereocenters. The van der Waals surface area contributed by atoms with Crippen molar-refractivity contribution in [3.63, 3.8) is 0 Å². The second-order valence-corrected chi connectivity index (χ2v) is 8.97.